The van der Waals surface area contributed by atoms with E-state index in [9.17, 15) is 26.3 Å². The van der Waals surface area contributed by atoms with E-state index in [1.807, 2.05) is 19.9 Å². The Kier molecular flexibility index (Phi) is 8.08. The first-order valence-corrected chi connectivity index (χ1v) is 10.1. The maximum absolute atomic E-state index is 13.1. The molecule has 2 aromatic rings. The lowest BCUT2D eigenvalue weighted by molar-refractivity contribution is -0.143. The molecule has 2 aromatic carbocycles. The van der Waals surface area contributed by atoms with Crippen LogP contribution in [0.4, 0.5) is 32.0 Å². The van der Waals surface area contributed by atoms with Crippen molar-refractivity contribution >= 4 is 17.3 Å². The molecule has 0 aromatic heterocycles. The van der Waals surface area contributed by atoms with Gasteiger partial charge >= 0.3 is 12.4 Å². The third kappa shape index (κ3) is 6.56. The molecule has 0 aliphatic rings. The molecule has 0 unspecified atom stereocenters. The molecule has 166 valence electrons. The molecule has 0 saturated heterocycles. The van der Waals surface area contributed by atoms with Crippen LogP contribution in [0.25, 0.3) is 0 Å². The third-order valence-electron chi connectivity index (χ3n) is 4.70. The van der Waals surface area contributed by atoms with Crippen LogP contribution in [0.5, 0.6) is 0 Å². The molecule has 1 nitrogen and oxygen atoms in total. The lowest BCUT2D eigenvalue weighted by Gasteiger charge is -2.27. The van der Waals surface area contributed by atoms with E-state index in [4.69, 9.17) is 11.6 Å². The van der Waals surface area contributed by atoms with E-state index in [1.54, 1.807) is 12.1 Å². The predicted octanol–water partition coefficient (Wildman–Crippen LogP) is 7.79. The molecule has 0 bridgehead atoms. The van der Waals surface area contributed by atoms with Gasteiger partial charge in [0.25, 0.3) is 0 Å². The van der Waals surface area contributed by atoms with Crippen LogP contribution in [0, 0.1) is 0 Å². The van der Waals surface area contributed by atoms with Crippen LogP contribution in [0.1, 0.15) is 48.9 Å². The third-order valence-corrected chi connectivity index (χ3v) is 4.93. The highest BCUT2D eigenvalue weighted by Crippen LogP contribution is 2.37. The summed E-state index contributed by atoms with van der Waals surface area (Å²) in [5.74, 6) is 0. The van der Waals surface area contributed by atoms with E-state index >= 15 is 0 Å². The molecular weight excluding hydrogens is 428 g/mol. The topological polar surface area (TPSA) is 3.24 Å². The smallest absolute Gasteiger partial charge is 0.371 e. The maximum Gasteiger partial charge on any atom is 0.416 e. The number of rotatable bonds is 8. The SMILES string of the molecule is CCCN(CCC)c1ccc(Cl)cc1CCc1cc(C(F)(F)F)cc(C(F)(F)F)c1. The first kappa shape index (κ1) is 24.4. The van der Waals surface area contributed by atoms with E-state index < -0.39 is 23.5 Å². The number of hydrogen-bond acceptors (Lipinski definition) is 1. The predicted molar refractivity (Wildman–Crippen MR) is 108 cm³/mol. The second-order valence-corrected chi connectivity index (χ2v) is 7.61. The van der Waals surface area contributed by atoms with Crippen LogP contribution in [0.2, 0.25) is 5.02 Å². The Morgan fingerprint density at radius 3 is 1.77 bits per heavy atom. The highest BCUT2D eigenvalue weighted by molar-refractivity contribution is 6.30. The summed E-state index contributed by atoms with van der Waals surface area (Å²) in [6, 6.07) is 7.05. The summed E-state index contributed by atoms with van der Waals surface area (Å²) < 4.78 is 78.6. The van der Waals surface area contributed by atoms with E-state index in [2.05, 4.69) is 4.90 Å². The summed E-state index contributed by atoms with van der Waals surface area (Å²) >= 11 is 6.11. The van der Waals surface area contributed by atoms with Crippen LogP contribution >= 0.6 is 11.6 Å². The van der Waals surface area contributed by atoms with Gasteiger partial charge in [-0.15, -0.1) is 0 Å². The fourth-order valence-electron chi connectivity index (χ4n) is 3.40. The second kappa shape index (κ2) is 9.94. The van der Waals surface area contributed by atoms with E-state index in [-0.39, 0.29) is 24.5 Å². The van der Waals surface area contributed by atoms with Gasteiger partial charge in [0, 0.05) is 23.8 Å². The zero-order valence-corrected chi connectivity index (χ0v) is 17.6. The number of nitrogens with zero attached hydrogens (tertiary/aromatic N) is 1. The van der Waals surface area contributed by atoms with Crippen LogP contribution < -0.4 is 4.90 Å². The van der Waals surface area contributed by atoms with Crippen LogP contribution in [-0.4, -0.2) is 13.1 Å². The van der Waals surface area contributed by atoms with Gasteiger partial charge in [0.2, 0.25) is 0 Å². The van der Waals surface area contributed by atoms with Crippen LogP contribution in [-0.2, 0) is 25.2 Å². The van der Waals surface area contributed by atoms with Crippen molar-refractivity contribution in [3.05, 3.63) is 63.7 Å². The molecule has 8 heteroatoms. The number of hydrogen-bond donors (Lipinski definition) is 0. The van der Waals surface area contributed by atoms with Crippen LogP contribution in [0.15, 0.2) is 36.4 Å². The van der Waals surface area contributed by atoms with Gasteiger partial charge in [0.15, 0.2) is 0 Å². The van der Waals surface area contributed by atoms with Gasteiger partial charge in [-0.1, -0.05) is 25.4 Å². The Morgan fingerprint density at radius 1 is 0.767 bits per heavy atom. The number of anilines is 1. The minimum Gasteiger partial charge on any atom is -0.371 e. The van der Waals surface area contributed by atoms with E-state index in [0.717, 1.165) is 49.3 Å². The Balaban J connectivity index is 2.38. The molecular formula is C22H24ClF6N. The highest BCUT2D eigenvalue weighted by Gasteiger charge is 2.36. The van der Waals surface area contributed by atoms with Crippen molar-refractivity contribution in [3.63, 3.8) is 0 Å². The lowest BCUT2D eigenvalue weighted by Crippen LogP contribution is -2.26. The van der Waals surface area contributed by atoms with Gasteiger partial charge in [0.05, 0.1) is 11.1 Å². The van der Waals surface area contributed by atoms with Crippen molar-refractivity contribution in [3.8, 4) is 0 Å². The molecule has 0 saturated carbocycles. The normalized spacial score (nSPS) is 12.3. The van der Waals surface area contributed by atoms with Crippen molar-refractivity contribution in [1.82, 2.24) is 0 Å². The number of alkyl halides is 6. The summed E-state index contributed by atoms with van der Waals surface area (Å²) in [5.41, 5.74) is -0.892. The molecule has 0 radical (unpaired) electrons. The molecule has 0 atom stereocenters. The number of halogens is 7. The molecule has 0 amide bonds. The Hall–Kier alpha value is -1.89. The van der Waals surface area contributed by atoms with E-state index in [1.165, 1.54) is 0 Å². The van der Waals surface area contributed by atoms with E-state index in [0.29, 0.717) is 5.02 Å². The minimum absolute atomic E-state index is 0.0133. The van der Waals surface area contributed by atoms with Gasteiger partial charge < -0.3 is 4.90 Å². The Labute approximate surface area is 177 Å². The molecule has 0 fully saturated rings. The molecule has 2 rings (SSSR count). The number of benzene rings is 2. The minimum atomic E-state index is -4.85. The second-order valence-electron chi connectivity index (χ2n) is 7.17. The fraction of sp³-hybridized carbons (Fsp3) is 0.455. The average molecular weight is 452 g/mol. The van der Waals surface area contributed by atoms with Gasteiger partial charge in [-0.25, -0.2) is 0 Å². The monoisotopic (exact) mass is 451 g/mol. The molecule has 0 heterocycles. The van der Waals surface area contributed by atoms with Gasteiger partial charge in [0.1, 0.15) is 0 Å². The van der Waals surface area contributed by atoms with Gasteiger partial charge in [-0.2, -0.15) is 26.3 Å². The van der Waals surface area contributed by atoms with Crippen molar-refractivity contribution in [2.45, 2.75) is 51.9 Å². The van der Waals surface area contributed by atoms with Gasteiger partial charge in [-0.3, -0.25) is 0 Å². The number of aryl methyl sites for hydroxylation is 2. The first-order valence-electron chi connectivity index (χ1n) is 9.77. The van der Waals surface area contributed by atoms with Crippen molar-refractivity contribution in [2.24, 2.45) is 0 Å². The fourth-order valence-corrected chi connectivity index (χ4v) is 3.59. The zero-order valence-electron chi connectivity index (χ0n) is 16.8. The molecule has 0 aliphatic carbocycles. The maximum atomic E-state index is 13.1. The summed E-state index contributed by atoms with van der Waals surface area (Å²) in [7, 11) is 0. The Morgan fingerprint density at radius 2 is 1.30 bits per heavy atom. The molecule has 0 N–H and O–H groups in total. The van der Waals surface area contributed by atoms with Crippen LogP contribution in [0.3, 0.4) is 0 Å². The summed E-state index contributed by atoms with van der Waals surface area (Å²) in [4.78, 5) is 2.17. The Bertz CT molecular complexity index is 806. The van der Waals surface area contributed by atoms with Crippen molar-refractivity contribution < 1.29 is 26.3 Å². The summed E-state index contributed by atoms with van der Waals surface area (Å²) in [6.45, 7) is 5.67. The largest absolute Gasteiger partial charge is 0.416 e. The summed E-state index contributed by atoms with van der Waals surface area (Å²) in [6.07, 6.45) is -7.58. The summed E-state index contributed by atoms with van der Waals surface area (Å²) in [5, 5.41) is 0.474. The van der Waals surface area contributed by atoms with Crippen molar-refractivity contribution in [1.29, 1.82) is 0 Å². The molecule has 0 aliphatic heterocycles. The van der Waals surface area contributed by atoms with Gasteiger partial charge in [-0.05, 0) is 73.2 Å². The standard InChI is InChI=1S/C22H24ClF6N/c1-3-9-30(10-4-2)20-8-7-19(23)13-16(20)6-5-15-11-17(21(24,25)26)14-18(12-15)22(27,28)29/h7-8,11-14H,3-6,9-10H2,1-2H3. The van der Waals surface area contributed by atoms with Crippen molar-refractivity contribution in [2.75, 3.05) is 18.0 Å². The molecule has 0 spiro atoms. The molecule has 30 heavy (non-hydrogen) atoms. The average Bonchev–Trinajstić information content (AvgIpc) is 2.65. The zero-order chi connectivity index (χ0) is 22.5. The highest BCUT2D eigenvalue weighted by atomic mass is 35.5. The quantitative estimate of drug-likeness (QED) is 0.370. The lowest BCUT2D eigenvalue weighted by atomic mass is 9.98. The first-order chi connectivity index (χ1) is 14.0.